The first-order chi connectivity index (χ1) is 8.39. The van der Waals surface area contributed by atoms with Gasteiger partial charge in [0.15, 0.2) is 0 Å². The fraction of sp³-hybridized carbons (Fsp3) is 0.714. The highest BCUT2D eigenvalue weighted by atomic mass is 79.9. The van der Waals surface area contributed by atoms with Gasteiger partial charge < -0.3 is 5.73 Å². The number of nitrogens with zero attached hydrogens (tertiary/aromatic N) is 2. The van der Waals surface area contributed by atoms with E-state index in [2.05, 4.69) is 41.7 Å². The highest BCUT2D eigenvalue weighted by Crippen LogP contribution is 2.36. The molecule has 1 aliphatic carbocycles. The SMILES string of the molecule is CC(C)(C)c1nc(C2CCCCC2)nc(N)c1Br. The van der Waals surface area contributed by atoms with Gasteiger partial charge in [0.1, 0.15) is 11.6 Å². The van der Waals surface area contributed by atoms with Gasteiger partial charge in [-0.3, -0.25) is 0 Å². The Kier molecular flexibility index (Phi) is 3.95. The van der Waals surface area contributed by atoms with Gasteiger partial charge in [-0.2, -0.15) is 0 Å². The lowest BCUT2D eigenvalue weighted by Crippen LogP contribution is -2.20. The molecule has 1 aliphatic rings. The lowest BCUT2D eigenvalue weighted by atomic mass is 9.87. The van der Waals surface area contributed by atoms with Crippen LogP contribution in [0.3, 0.4) is 0 Å². The van der Waals surface area contributed by atoms with E-state index in [9.17, 15) is 0 Å². The van der Waals surface area contributed by atoms with Crippen molar-refractivity contribution in [2.45, 2.75) is 64.2 Å². The Hall–Kier alpha value is -0.640. The van der Waals surface area contributed by atoms with Gasteiger partial charge in [-0.25, -0.2) is 9.97 Å². The second kappa shape index (κ2) is 5.16. The molecule has 1 saturated carbocycles. The zero-order chi connectivity index (χ0) is 13.3. The molecule has 0 atom stereocenters. The monoisotopic (exact) mass is 311 g/mol. The van der Waals surface area contributed by atoms with Crippen molar-refractivity contribution >= 4 is 21.7 Å². The van der Waals surface area contributed by atoms with E-state index in [1.165, 1.54) is 32.1 Å². The molecule has 0 spiro atoms. The predicted molar refractivity (Wildman–Crippen MR) is 78.7 cm³/mol. The molecule has 0 bridgehead atoms. The summed E-state index contributed by atoms with van der Waals surface area (Å²) in [5.41, 5.74) is 7.04. The van der Waals surface area contributed by atoms with Gasteiger partial charge in [0.25, 0.3) is 0 Å². The Balaban J connectivity index is 2.40. The van der Waals surface area contributed by atoms with E-state index < -0.39 is 0 Å². The minimum absolute atomic E-state index is 0.0146. The summed E-state index contributed by atoms with van der Waals surface area (Å²) in [6.07, 6.45) is 6.31. The summed E-state index contributed by atoms with van der Waals surface area (Å²) in [5.74, 6) is 2.02. The van der Waals surface area contributed by atoms with Crippen LogP contribution in [0.5, 0.6) is 0 Å². The van der Waals surface area contributed by atoms with Crippen LogP contribution in [0.1, 0.15) is 70.3 Å². The molecule has 0 unspecified atom stereocenters. The molecule has 1 heterocycles. The van der Waals surface area contributed by atoms with Crippen LogP contribution in [0.15, 0.2) is 4.47 Å². The highest BCUT2D eigenvalue weighted by molar-refractivity contribution is 9.10. The van der Waals surface area contributed by atoms with E-state index >= 15 is 0 Å². The maximum Gasteiger partial charge on any atom is 0.141 e. The smallest absolute Gasteiger partial charge is 0.141 e. The van der Waals surface area contributed by atoms with Crippen LogP contribution in [0.25, 0.3) is 0 Å². The largest absolute Gasteiger partial charge is 0.383 e. The van der Waals surface area contributed by atoms with Crippen LogP contribution in [-0.4, -0.2) is 9.97 Å². The molecule has 1 fully saturated rings. The fourth-order valence-corrected chi connectivity index (χ4v) is 3.29. The normalized spacial score (nSPS) is 18.0. The van der Waals surface area contributed by atoms with Crippen LogP contribution >= 0.6 is 15.9 Å². The molecule has 1 aromatic heterocycles. The average molecular weight is 312 g/mol. The quantitative estimate of drug-likeness (QED) is 0.847. The molecule has 0 radical (unpaired) electrons. The molecule has 0 aromatic carbocycles. The number of halogens is 1. The van der Waals surface area contributed by atoms with E-state index in [0.717, 1.165) is 16.0 Å². The first-order valence-corrected chi connectivity index (χ1v) is 7.52. The summed E-state index contributed by atoms with van der Waals surface area (Å²) in [5, 5.41) is 0. The Morgan fingerprint density at radius 1 is 1.11 bits per heavy atom. The average Bonchev–Trinajstić information content (AvgIpc) is 2.32. The molecular weight excluding hydrogens is 290 g/mol. The van der Waals surface area contributed by atoms with Crippen LogP contribution in [0.2, 0.25) is 0 Å². The third-order valence-corrected chi connectivity index (χ3v) is 4.36. The molecule has 18 heavy (non-hydrogen) atoms. The van der Waals surface area contributed by atoms with E-state index in [1.807, 2.05) is 0 Å². The van der Waals surface area contributed by atoms with Gasteiger partial charge in [0, 0.05) is 11.3 Å². The second-order valence-electron chi connectivity index (χ2n) is 6.21. The first kappa shape index (κ1) is 13.8. The maximum atomic E-state index is 6.03. The number of hydrogen-bond donors (Lipinski definition) is 1. The third-order valence-electron chi connectivity index (χ3n) is 3.57. The summed E-state index contributed by atoms with van der Waals surface area (Å²) >= 11 is 3.52. The zero-order valence-electron chi connectivity index (χ0n) is 11.5. The summed E-state index contributed by atoms with van der Waals surface area (Å²) in [7, 11) is 0. The molecule has 0 aliphatic heterocycles. The van der Waals surface area contributed by atoms with Crippen LogP contribution in [0.4, 0.5) is 5.82 Å². The van der Waals surface area contributed by atoms with Crippen LogP contribution in [0, 0.1) is 0 Å². The summed E-state index contributed by atoms with van der Waals surface area (Å²) < 4.78 is 0.856. The fourth-order valence-electron chi connectivity index (χ4n) is 2.52. The number of anilines is 1. The molecule has 4 heteroatoms. The Labute approximate surface area is 118 Å². The molecule has 0 amide bonds. The zero-order valence-corrected chi connectivity index (χ0v) is 13.0. The second-order valence-corrected chi connectivity index (χ2v) is 7.01. The summed E-state index contributed by atoms with van der Waals surface area (Å²) in [4.78, 5) is 9.28. The summed E-state index contributed by atoms with van der Waals surface area (Å²) in [6, 6.07) is 0. The lowest BCUT2D eigenvalue weighted by molar-refractivity contribution is 0.424. The van der Waals surface area contributed by atoms with Gasteiger partial charge in [-0.1, -0.05) is 40.0 Å². The van der Waals surface area contributed by atoms with Crippen molar-refractivity contribution < 1.29 is 0 Å². The van der Waals surface area contributed by atoms with Crippen molar-refractivity contribution in [2.75, 3.05) is 5.73 Å². The molecule has 2 N–H and O–H groups in total. The van der Waals surface area contributed by atoms with Crippen molar-refractivity contribution in [3.05, 3.63) is 16.0 Å². The lowest BCUT2D eigenvalue weighted by Gasteiger charge is -2.25. The van der Waals surface area contributed by atoms with Gasteiger partial charge in [-0.05, 0) is 28.8 Å². The van der Waals surface area contributed by atoms with Crippen molar-refractivity contribution in [1.29, 1.82) is 0 Å². The number of aromatic nitrogens is 2. The molecule has 1 aromatic rings. The predicted octanol–water partition coefficient (Wildman–Crippen LogP) is 4.17. The molecule has 3 nitrogen and oxygen atoms in total. The number of nitrogens with two attached hydrogens (primary N) is 1. The van der Waals surface area contributed by atoms with E-state index in [0.29, 0.717) is 11.7 Å². The Morgan fingerprint density at radius 2 is 1.72 bits per heavy atom. The van der Waals surface area contributed by atoms with Crippen molar-refractivity contribution in [2.24, 2.45) is 0 Å². The van der Waals surface area contributed by atoms with Gasteiger partial charge >= 0.3 is 0 Å². The Bertz CT molecular complexity index is 431. The maximum absolute atomic E-state index is 6.03. The first-order valence-electron chi connectivity index (χ1n) is 6.73. The molecule has 2 rings (SSSR count). The number of rotatable bonds is 1. The summed E-state index contributed by atoms with van der Waals surface area (Å²) in [6.45, 7) is 6.47. The van der Waals surface area contributed by atoms with Crippen molar-refractivity contribution in [3.8, 4) is 0 Å². The molecular formula is C14H22BrN3. The topological polar surface area (TPSA) is 51.8 Å². The minimum Gasteiger partial charge on any atom is -0.383 e. The van der Waals surface area contributed by atoms with E-state index in [1.54, 1.807) is 0 Å². The van der Waals surface area contributed by atoms with Gasteiger partial charge in [0.05, 0.1) is 10.2 Å². The number of hydrogen-bond acceptors (Lipinski definition) is 3. The van der Waals surface area contributed by atoms with E-state index in [4.69, 9.17) is 10.7 Å². The standard InChI is InChI=1S/C14H22BrN3/c1-14(2,3)11-10(15)12(16)18-13(17-11)9-7-5-4-6-8-9/h9H,4-8H2,1-3H3,(H2,16,17,18). The number of nitrogen functional groups attached to an aromatic ring is 1. The van der Waals surface area contributed by atoms with Crippen LogP contribution in [-0.2, 0) is 5.41 Å². The van der Waals surface area contributed by atoms with E-state index in [-0.39, 0.29) is 5.41 Å². The highest BCUT2D eigenvalue weighted by Gasteiger charge is 2.25. The van der Waals surface area contributed by atoms with Crippen molar-refractivity contribution in [3.63, 3.8) is 0 Å². The van der Waals surface area contributed by atoms with Crippen molar-refractivity contribution in [1.82, 2.24) is 9.97 Å². The van der Waals surface area contributed by atoms with Gasteiger partial charge in [0.2, 0.25) is 0 Å². The third kappa shape index (κ3) is 2.85. The minimum atomic E-state index is -0.0146. The Morgan fingerprint density at radius 3 is 2.28 bits per heavy atom. The molecule has 100 valence electrons. The molecule has 0 saturated heterocycles. The van der Waals surface area contributed by atoms with Crippen LogP contribution < -0.4 is 5.73 Å². The van der Waals surface area contributed by atoms with Gasteiger partial charge in [-0.15, -0.1) is 0 Å².